The summed E-state index contributed by atoms with van der Waals surface area (Å²) in [5, 5.41) is 2.87. The highest BCUT2D eigenvalue weighted by Gasteiger charge is 2.14. The Labute approximate surface area is 145 Å². The molecule has 2 heterocycles. The number of hydrogen-bond donors (Lipinski definition) is 1. The number of pyridine rings is 1. The van der Waals surface area contributed by atoms with Crippen LogP contribution < -0.4 is 14.8 Å². The van der Waals surface area contributed by atoms with Gasteiger partial charge in [0.15, 0.2) is 11.5 Å². The van der Waals surface area contributed by atoms with Crippen molar-refractivity contribution in [3.05, 3.63) is 71.9 Å². The van der Waals surface area contributed by atoms with Crippen molar-refractivity contribution in [1.82, 2.24) is 4.98 Å². The minimum Gasteiger partial charge on any atom is -0.454 e. The zero-order chi connectivity index (χ0) is 17.2. The third-order valence-electron chi connectivity index (χ3n) is 3.99. The third-order valence-corrected chi connectivity index (χ3v) is 3.99. The van der Waals surface area contributed by atoms with Gasteiger partial charge in [0.05, 0.1) is 5.69 Å². The van der Waals surface area contributed by atoms with Crippen molar-refractivity contribution in [2.24, 2.45) is 0 Å². The molecule has 1 N–H and O–H groups in total. The minimum absolute atomic E-state index is 0.178. The first kappa shape index (κ1) is 15.2. The van der Waals surface area contributed by atoms with E-state index in [-0.39, 0.29) is 12.7 Å². The topological polar surface area (TPSA) is 60.5 Å². The molecule has 5 nitrogen and oxygen atoms in total. The summed E-state index contributed by atoms with van der Waals surface area (Å²) >= 11 is 0. The number of aryl methyl sites for hydroxylation is 1. The molecule has 3 aromatic rings. The molecule has 0 aliphatic carbocycles. The predicted molar refractivity (Wildman–Crippen MR) is 94.9 cm³/mol. The zero-order valence-electron chi connectivity index (χ0n) is 13.7. The van der Waals surface area contributed by atoms with Gasteiger partial charge < -0.3 is 14.8 Å². The van der Waals surface area contributed by atoms with Crippen molar-refractivity contribution in [2.45, 2.75) is 6.92 Å². The highest BCUT2D eigenvalue weighted by atomic mass is 16.7. The van der Waals surface area contributed by atoms with Crippen molar-refractivity contribution in [3.8, 4) is 22.8 Å². The van der Waals surface area contributed by atoms with Crippen LogP contribution in [0.25, 0.3) is 11.3 Å². The SMILES string of the molecule is Cc1ccnc(-c2ccc(C(=O)Nc3ccc4c(c3)OCO4)cc2)c1. The molecular formula is C20H16N2O3. The number of aromatic nitrogens is 1. The Bertz CT molecular complexity index is 936. The van der Waals surface area contributed by atoms with Gasteiger partial charge >= 0.3 is 0 Å². The Kier molecular flexibility index (Phi) is 3.82. The Morgan fingerprint density at radius 1 is 1.00 bits per heavy atom. The van der Waals surface area contributed by atoms with Crippen LogP contribution in [0.1, 0.15) is 15.9 Å². The fraction of sp³-hybridized carbons (Fsp3) is 0.100. The van der Waals surface area contributed by atoms with Gasteiger partial charge in [0.2, 0.25) is 6.79 Å². The molecule has 25 heavy (non-hydrogen) atoms. The van der Waals surface area contributed by atoms with Crippen molar-refractivity contribution in [1.29, 1.82) is 0 Å². The lowest BCUT2D eigenvalue weighted by molar-refractivity contribution is 0.102. The van der Waals surface area contributed by atoms with E-state index in [4.69, 9.17) is 9.47 Å². The molecule has 0 spiro atoms. The van der Waals surface area contributed by atoms with Gasteiger partial charge in [-0.2, -0.15) is 0 Å². The van der Waals surface area contributed by atoms with Crippen LogP contribution in [0.4, 0.5) is 5.69 Å². The fourth-order valence-corrected chi connectivity index (χ4v) is 2.66. The quantitative estimate of drug-likeness (QED) is 0.786. The van der Waals surface area contributed by atoms with Crippen LogP contribution in [0.3, 0.4) is 0 Å². The van der Waals surface area contributed by atoms with Crippen LogP contribution in [-0.2, 0) is 0 Å². The number of hydrogen-bond acceptors (Lipinski definition) is 4. The van der Waals surface area contributed by atoms with E-state index in [2.05, 4.69) is 10.3 Å². The second kappa shape index (κ2) is 6.28. The maximum Gasteiger partial charge on any atom is 0.255 e. The minimum atomic E-state index is -0.178. The van der Waals surface area contributed by atoms with Gasteiger partial charge in [-0.3, -0.25) is 9.78 Å². The molecule has 1 amide bonds. The molecule has 1 aromatic heterocycles. The molecule has 1 aliphatic heterocycles. The van der Waals surface area contributed by atoms with Crippen LogP contribution in [0.2, 0.25) is 0 Å². The largest absolute Gasteiger partial charge is 0.454 e. The molecule has 0 fully saturated rings. The zero-order valence-corrected chi connectivity index (χ0v) is 13.7. The van der Waals surface area contributed by atoms with Gasteiger partial charge in [-0.1, -0.05) is 12.1 Å². The van der Waals surface area contributed by atoms with Crippen molar-refractivity contribution < 1.29 is 14.3 Å². The van der Waals surface area contributed by atoms with Crippen LogP contribution in [0.15, 0.2) is 60.8 Å². The molecule has 0 saturated carbocycles. The Hall–Kier alpha value is -3.34. The number of nitrogens with one attached hydrogen (secondary N) is 1. The van der Waals surface area contributed by atoms with Crippen molar-refractivity contribution in [3.63, 3.8) is 0 Å². The van der Waals surface area contributed by atoms with E-state index in [9.17, 15) is 4.79 Å². The van der Waals surface area contributed by atoms with E-state index in [1.54, 1.807) is 36.5 Å². The summed E-state index contributed by atoms with van der Waals surface area (Å²) in [6, 6.07) is 16.7. The third kappa shape index (κ3) is 3.17. The summed E-state index contributed by atoms with van der Waals surface area (Å²) in [7, 11) is 0. The van der Waals surface area contributed by atoms with Crippen LogP contribution in [0.5, 0.6) is 11.5 Å². The summed E-state index contributed by atoms with van der Waals surface area (Å²) in [6.07, 6.45) is 1.78. The first-order chi connectivity index (χ1) is 12.2. The molecule has 0 radical (unpaired) electrons. The maximum absolute atomic E-state index is 12.4. The summed E-state index contributed by atoms with van der Waals surface area (Å²) < 4.78 is 10.6. The van der Waals surface area contributed by atoms with Crippen molar-refractivity contribution in [2.75, 3.05) is 12.1 Å². The lowest BCUT2D eigenvalue weighted by atomic mass is 10.1. The molecule has 5 heteroatoms. The number of fused-ring (bicyclic) bond motifs is 1. The molecular weight excluding hydrogens is 316 g/mol. The molecule has 0 unspecified atom stereocenters. The number of rotatable bonds is 3. The lowest BCUT2D eigenvalue weighted by Gasteiger charge is -2.07. The average Bonchev–Trinajstić information content (AvgIpc) is 3.09. The van der Waals surface area contributed by atoms with Gasteiger partial charge in [-0.05, 0) is 48.9 Å². The maximum atomic E-state index is 12.4. The first-order valence-electron chi connectivity index (χ1n) is 7.93. The summed E-state index contributed by atoms with van der Waals surface area (Å²) in [5.41, 5.74) is 4.26. The Morgan fingerprint density at radius 3 is 2.60 bits per heavy atom. The predicted octanol–water partition coefficient (Wildman–Crippen LogP) is 4.04. The lowest BCUT2D eigenvalue weighted by Crippen LogP contribution is -2.11. The van der Waals surface area contributed by atoms with Crippen molar-refractivity contribution >= 4 is 11.6 Å². The van der Waals surface area contributed by atoms with Gasteiger partial charge in [-0.25, -0.2) is 0 Å². The molecule has 124 valence electrons. The molecule has 0 saturated heterocycles. The van der Waals surface area contributed by atoms with E-state index < -0.39 is 0 Å². The summed E-state index contributed by atoms with van der Waals surface area (Å²) in [6.45, 7) is 2.24. The van der Waals surface area contributed by atoms with E-state index in [1.165, 1.54) is 0 Å². The normalized spacial score (nSPS) is 12.0. The second-order valence-corrected chi connectivity index (χ2v) is 5.82. The van der Waals surface area contributed by atoms with E-state index in [0.29, 0.717) is 22.7 Å². The number of nitrogens with zero attached hydrogens (tertiary/aromatic N) is 1. The number of ether oxygens (including phenoxy) is 2. The van der Waals surface area contributed by atoms with E-state index in [0.717, 1.165) is 16.8 Å². The number of carbonyl (C=O) groups excluding carboxylic acids is 1. The van der Waals surface area contributed by atoms with Gasteiger partial charge in [-0.15, -0.1) is 0 Å². The standard InChI is InChI=1S/C20H16N2O3/c1-13-8-9-21-17(10-13)14-2-4-15(5-3-14)20(23)22-16-6-7-18-19(11-16)25-12-24-18/h2-11H,12H2,1H3,(H,22,23). The highest BCUT2D eigenvalue weighted by molar-refractivity contribution is 6.04. The molecule has 1 aliphatic rings. The Morgan fingerprint density at radius 2 is 1.80 bits per heavy atom. The number of benzene rings is 2. The van der Waals surface area contributed by atoms with E-state index in [1.807, 2.05) is 31.2 Å². The fourth-order valence-electron chi connectivity index (χ4n) is 2.66. The summed E-state index contributed by atoms with van der Waals surface area (Å²) in [4.78, 5) is 16.8. The van der Waals surface area contributed by atoms with Crippen LogP contribution in [0, 0.1) is 6.92 Å². The Balaban J connectivity index is 1.51. The molecule has 0 bridgehead atoms. The number of amides is 1. The molecule has 2 aromatic carbocycles. The van der Waals surface area contributed by atoms with Gasteiger partial charge in [0.1, 0.15) is 0 Å². The van der Waals surface area contributed by atoms with Crippen LogP contribution in [-0.4, -0.2) is 17.7 Å². The molecule has 0 atom stereocenters. The highest BCUT2D eigenvalue weighted by Crippen LogP contribution is 2.34. The van der Waals surface area contributed by atoms with E-state index >= 15 is 0 Å². The smallest absolute Gasteiger partial charge is 0.255 e. The average molecular weight is 332 g/mol. The summed E-state index contributed by atoms with van der Waals surface area (Å²) in [5.74, 6) is 1.15. The van der Waals surface area contributed by atoms with Crippen LogP contribution >= 0.6 is 0 Å². The van der Waals surface area contributed by atoms with Gasteiger partial charge in [0, 0.05) is 29.1 Å². The molecule has 4 rings (SSSR count). The van der Waals surface area contributed by atoms with Gasteiger partial charge in [0.25, 0.3) is 5.91 Å². The number of anilines is 1. The first-order valence-corrected chi connectivity index (χ1v) is 7.93. The number of carbonyl (C=O) groups is 1. The monoisotopic (exact) mass is 332 g/mol. The second-order valence-electron chi connectivity index (χ2n) is 5.82.